The van der Waals surface area contributed by atoms with Crippen LogP contribution in [0, 0.1) is 0 Å². The Morgan fingerprint density at radius 2 is 1.89 bits per heavy atom. The fraction of sp³-hybridized carbons (Fsp3) is 0.455. The quantitative estimate of drug-likeness (QED) is 0.787. The standard InChI is InChI=1S/C11H15Cl2NO3S/c1-2-17-7-6-14-18(15,16)8-9-10(12)4-3-5-11(9)13/h3-5,14H,2,6-8H2,1H3. The highest BCUT2D eigenvalue weighted by Gasteiger charge is 2.15. The van der Waals surface area contributed by atoms with Crippen LogP contribution in [0.25, 0.3) is 0 Å². The number of hydrogen-bond acceptors (Lipinski definition) is 3. The summed E-state index contributed by atoms with van der Waals surface area (Å²) in [5.41, 5.74) is 0.407. The zero-order chi connectivity index (χ0) is 13.6. The molecule has 0 amide bonds. The van der Waals surface area contributed by atoms with Gasteiger partial charge in [-0.1, -0.05) is 29.3 Å². The number of rotatable bonds is 7. The van der Waals surface area contributed by atoms with E-state index < -0.39 is 10.0 Å². The van der Waals surface area contributed by atoms with E-state index in [0.29, 0.717) is 28.8 Å². The Balaban J connectivity index is 2.65. The summed E-state index contributed by atoms with van der Waals surface area (Å²) in [5, 5.41) is 0.690. The van der Waals surface area contributed by atoms with Crippen LogP contribution in [0.5, 0.6) is 0 Å². The Morgan fingerprint density at radius 1 is 1.28 bits per heavy atom. The van der Waals surface area contributed by atoms with Crippen molar-refractivity contribution in [3.8, 4) is 0 Å². The molecular weight excluding hydrogens is 297 g/mol. The Bertz CT molecular complexity index is 471. The highest BCUT2D eigenvalue weighted by Crippen LogP contribution is 2.25. The first-order valence-corrected chi connectivity index (χ1v) is 7.85. The lowest BCUT2D eigenvalue weighted by Crippen LogP contribution is -2.28. The van der Waals surface area contributed by atoms with Crippen LogP contribution in [0.3, 0.4) is 0 Å². The summed E-state index contributed by atoms with van der Waals surface area (Å²) in [7, 11) is -3.46. The Morgan fingerprint density at radius 3 is 2.44 bits per heavy atom. The van der Waals surface area contributed by atoms with Crippen LogP contribution in [-0.2, 0) is 20.5 Å². The maximum Gasteiger partial charge on any atom is 0.215 e. The van der Waals surface area contributed by atoms with Gasteiger partial charge in [0.15, 0.2) is 0 Å². The number of nitrogens with one attached hydrogen (secondary N) is 1. The highest BCUT2D eigenvalue weighted by atomic mass is 35.5. The van der Waals surface area contributed by atoms with Crippen molar-refractivity contribution in [1.29, 1.82) is 0 Å². The van der Waals surface area contributed by atoms with Gasteiger partial charge in [0, 0.05) is 28.8 Å². The second-order valence-electron chi connectivity index (χ2n) is 3.55. The van der Waals surface area contributed by atoms with E-state index >= 15 is 0 Å². The van der Waals surface area contributed by atoms with Crippen LogP contribution in [-0.4, -0.2) is 28.2 Å². The van der Waals surface area contributed by atoms with Gasteiger partial charge >= 0.3 is 0 Å². The van der Waals surface area contributed by atoms with E-state index in [0.717, 1.165) is 0 Å². The first-order valence-electron chi connectivity index (χ1n) is 5.44. The lowest BCUT2D eigenvalue weighted by Gasteiger charge is -2.09. The van der Waals surface area contributed by atoms with Crippen molar-refractivity contribution in [2.75, 3.05) is 19.8 Å². The van der Waals surface area contributed by atoms with E-state index in [2.05, 4.69) is 4.72 Å². The molecule has 1 aromatic carbocycles. The van der Waals surface area contributed by atoms with Gasteiger partial charge in [0.05, 0.1) is 12.4 Å². The molecule has 0 fully saturated rings. The topological polar surface area (TPSA) is 55.4 Å². The molecule has 1 N–H and O–H groups in total. The molecule has 0 saturated carbocycles. The SMILES string of the molecule is CCOCCNS(=O)(=O)Cc1c(Cl)cccc1Cl. The predicted molar refractivity (Wildman–Crippen MR) is 73.6 cm³/mol. The number of hydrogen-bond donors (Lipinski definition) is 1. The van der Waals surface area contributed by atoms with Gasteiger partial charge in [0.1, 0.15) is 0 Å². The molecule has 0 aliphatic rings. The molecule has 0 spiro atoms. The predicted octanol–water partition coefficient (Wildman–Crippen LogP) is 2.45. The van der Waals surface area contributed by atoms with Crippen molar-refractivity contribution in [2.45, 2.75) is 12.7 Å². The first-order chi connectivity index (χ1) is 8.46. The monoisotopic (exact) mass is 311 g/mol. The third-order valence-corrected chi connectivity index (χ3v) is 4.19. The zero-order valence-corrected chi connectivity index (χ0v) is 12.3. The van der Waals surface area contributed by atoms with E-state index in [1.165, 1.54) is 0 Å². The second kappa shape index (κ2) is 7.31. The number of sulfonamides is 1. The molecule has 0 aromatic heterocycles. The minimum absolute atomic E-state index is 0.234. The van der Waals surface area contributed by atoms with Gasteiger partial charge in [-0.15, -0.1) is 0 Å². The van der Waals surface area contributed by atoms with Gasteiger partial charge in [0.25, 0.3) is 0 Å². The molecular formula is C11H15Cl2NO3S. The summed E-state index contributed by atoms with van der Waals surface area (Å²) in [5.74, 6) is -0.238. The van der Waals surface area contributed by atoms with Crippen LogP contribution >= 0.6 is 23.2 Å². The average Bonchev–Trinajstić information content (AvgIpc) is 2.30. The molecule has 0 unspecified atom stereocenters. The summed E-state index contributed by atoms with van der Waals surface area (Å²) < 4.78 is 31.0. The number of halogens is 2. The van der Waals surface area contributed by atoms with Crippen molar-refractivity contribution in [1.82, 2.24) is 4.72 Å². The fourth-order valence-electron chi connectivity index (χ4n) is 1.32. The fourth-order valence-corrected chi connectivity index (χ4v) is 3.20. The molecule has 0 radical (unpaired) electrons. The van der Waals surface area contributed by atoms with Gasteiger partial charge in [-0.05, 0) is 19.1 Å². The van der Waals surface area contributed by atoms with E-state index in [9.17, 15) is 8.42 Å². The molecule has 0 aliphatic heterocycles. The minimum atomic E-state index is -3.46. The molecule has 102 valence electrons. The van der Waals surface area contributed by atoms with Crippen molar-refractivity contribution >= 4 is 33.2 Å². The zero-order valence-electron chi connectivity index (χ0n) is 9.95. The Labute approximate surface area is 117 Å². The third kappa shape index (κ3) is 5.12. The van der Waals surface area contributed by atoms with Gasteiger partial charge in [0.2, 0.25) is 10.0 Å². The van der Waals surface area contributed by atoms with Crippen LogP contribution in [0.15, 0.2) is 18.2 Å². The van der Waals surface area contributed by atoms with Crippen molar-refractivity contribution in [3.63, 3.8) is 0 Å². The molecule has 1 aromatic rings. The van der Waals surface area contributed by atoms with Crippen LogP contribution in [0.2, 0.25) is 10.0 Å². The van der Waals surface area contributed by atoms with E-state index in [1.807, 2.05) is 6.92 Å². The third-order valence-electron chi connectivity index (χ3n) is 2.17. The number of ether oxygens (including phenoxy) is 1. The van der Waals surface area contributed by atoms with E-state index in [-0.39, 0.29) is 12.3 Å². The summed E-state index contributed by atoms with van der Waals surface area (Å²) in [6.45, 7) is 2.97. The van der Waals surface area contributed by atoms with Crippen molar-refractivity contribution in [2.24, 2.45) is 0 Å². The summed E-state index contributed by atoms with van der Waals surface area (Å²) in [4.78, 5) is 0. The molecule has 0 aliphatic carbocycles. The molecule has 18 heavy (non-hydrogen) atoms. The van der Waals surface area contributed by atoms with Crippen LogP contribution < -0.4 is 4.72 Å². The summed E-state index contributed by atoms with van der Waals surface area (Å²) >= 11 is 11.8. The van der Waals surface area contributed by atoms with Gasteiger partial charge < -0.3 is 4.74 Å². The average molecular weight is 312 g/mol. The van der Waals surface area contributed by atoms with E-state index in [1.54, 1.807) is 18.2 Å². The maximum absolute atomic E-state index is 11.8. The largest absolute Gasteiger partial charge is 0.380 e. The van der Waals surface area contributed by atoms with E-state index in [4.69, 9.17) is 27.9 Å². The van der Waals surface area contributed by atoms with Crippen LogP contribution in [0.1, 0.15) is 12.5 Å². The van der Waals surface area contributed by atoms with Crippen molar-refractivity contribution < 1.29 is 13.2 Å². The molecule has 4 nitrogen and oxygen atoms in total. The second-order valence-corrected chi connectivity index (χ2v) is 6.17. The number of benzene rings is 1. The highest BCUT2D eigenvalue weighted by molar-refractivity contribution is 7.88. The minimum Gasteiger partial charge on any atom is -0.380 e. The van der Waals surface area contributed by atoms with Gasteiger partial charge in [-0.3, -0.25) is 0 Å². The molecule has 0 atom stereocenters. The Hall–Kier alpha value is -0.330. The summed E-state index contributed by atoms with van der Waals surface area (Å²) in [6.07, 6.45) is 0. The summed E-state index contributed by atoms with van der Waals surface area (Å²) in [6, 6.07) is 4.89. The molecule has 0 saturated heterocycles. The smallest absolute Gasteiger partial charge is 0.215 e. The molecule has 1 rings (SSSR count). The molecule has 0 heterocycles. The van der Waals surface area contributed by atoms with Gasteiger partial charge in [-0.2, -0.15) is 0 Å². The molecule has 7 heteroatoms. The first kappa shape index (κ1) is 15.7. The normalized spacial score (nSPS) is 11.7. The van der Waals surface area contributed by atoms with Gasteiger partial charge in [-0.25, -0.2) is 13.1 Å². The lowest BCUT2D eigenvalue weighted by molar-refractivity contribution is 0.153. The maximum atomic E-state index is 11.8. The van der Waals surface area contributed by atoms with Crippen LogP contribution in [0.4, 0.5) is 0 Å². The van der Waals surface area contributed by atoms with Crippen molar-refractivity contribution in [3.05, 3.63) is 33.8 Å². The lowest BCUT2D eigenvalue weighted by atomic mass is 10.2. The molecule has 0 bridgehead atoms. The Kier molecular flexibility index (Phi) is 6.38.